The van der Waals surface area contributed by atoms with Gasteiger partial charge in [0.25, 0.3) is 0 Å². The number of carbonyl (C=O) groups is 2. The van der Waals surface area contributed by atoms with Gasteiger partial charge in [0, 0.05) is 13.0 Å². The lowest BCUT2D eigenvalue weighted by Gasteiger charge is -2.23. The van der Waals surface area contributed by atoms with E-state index < -0.39 is 0 Å². The van der Waals surface area contributed by atoms with Gasteiger partial charge in [0.2, 0.25) is 0 Å². The smallest absolute Gasteiger partial charge is 0.323 e. The summed E-state index contributed by atoms with van der Waals surface area (Å²) in [4.78, 5) is 30.0. The van der Waals surface area contributed by atoms with Crippen LogP contribution in [0.25, 0.3) is 0 Å². The summed E-state index contributed by atoms with van der Waals surface area (Å²) in [6.45, 7) is 16.7. The molecule has 0 amide bonds. The molecular formula is C31H46N2O3. The minimum Gasteiger partial charge on any atom is -0.461 e. The van der Waals surface area contributed by atoms with Crippen molar-refractivity contribution in [3.8, 4) is 0 Å². The highest BCUT2D eigenvalue weighted by molar-refractivity contribution is 6.07. The van der Waals surface area contributed by atoms with Crippen LogP contribution in [0.4, 0.5) is 5.69 Å². The van der Waals surface area contributed by atoms with Crippen LogP contribution < -0.4 is 5.32 Å². The van der Waals surface area contributed by atoms with Crippen molar-refractivity contribution in [3.63, 3.8) is 0 Å². The van der Waals surface area contributed by atoms with Crippen LogP contribution in [0.1, 0.15) is 91.7 Å². The lowest BCUT2D eigenvalue weighted by Crippen LogP contribution is -2.42. The monoisotopic (exact) mass is 494 g/mol. The zero-order chi connectivity index (χ0) is 26.8. The number of allylic oxidation sites excluding steroid dienone is 4. The minimum atomic E-state index is -0.344. The number of esters is 1. The quantitative estimate of drug-likeness (QED) is 0.144. The van der Waals surface area contributed by atoms with E-state index in [4.69, 9.17) is 9.73 Å². The summed E-state index contributed by atoms with van der Waals surface area (Å²) in [7, 11) is 0. The van der Waals surface area contributed by atoms with Gasteiger partial charge in [-0.2, -0.15) is 0 Å². The Morgan fingerprint density at radius 3 is 2.39 bits per heavy atom. The summed E-state index contributed by atoms with van der Waals surface area (Å²) in [5.74, 6) is 0.320. The van der Waals surface area contributed by atoms with Crippen LogP contribution in [0.3, 0.4) is 0 Å². The molecule has 2 rings (SSSR count). The van der Waals surface area contributed by atoms with Crippen molar-refractivity contribution in [1.82, 2.24) is 5.32 Å². The van der Waals surface area contributed by atoms with Crippen molar-refractivity contribution >= 4 is 23.2 Å². The first-order valence-corrected chi connectivity index (χ1v) is 13.6. The molecule has 0 spiro atoms. The number of ketones is 1. The lowest BCUT2D eigenvalue weighted by atomic mass is 9.96. The van der Waals surface area contributed by atoms with E-state index in [0.717, 1.165) is 59.4 Å². The van der Waals surface area contributed by atoms with E-state index in [9.17, 15) is 9.59 Å². The van der Waals surface area contributed by atoms with E-state index in [0.29, 0.717) is 13.0 Å². The number of ether oxygens (including phenoxy) is 1. The molecule has 5 heteroatoms. The highest BCUT2D eigenvalue weighted by atomic mass is 16.5. The number of Topliss-reactive ketones (excluding diaryl/α,β-unsaturated/α-hetero) is 1. The predicted octanol–water partition coefficient (Wildman–Crippen LogP) is 7.20. The molecular weight excluding hydrogens is 448 g/mol. The first-order chi connectivity index (χ1) is 17.1. The van der Waals surface area contributed by atoms with Gasteiger partial charge >= 0.3 is 5.97 Å². The Morgan fingerprint density at radius 1 is 1.17 bits per heavy atom. The molecule has 0 radical (unpaired) electrons. The molecule has 1 aliphatic carbocycles. The van der Waals surface area contributed by atoms with Gasteiger partial charge < -0.3 is 10.1 Å². The van der Waals surface area contributed by atoms with Crippen LogP contribution in [0, 0.1) is 18.8 Å². The number of hydrogen-bond acceptors (Lipinski definition) is 5. The maximum Gasteiger partial charge on any atom is 0.323 e. The first-order valence-electron chi connectivity index (χ1n) is 13.6. The van der Waals surface area contributed by atoms with E-state index in [1.807, 2.05) is 46.8 Å². The van der Waals surface area contributed by atoms with E-state index in [-0.39, 0.29) is 35.7 Å². The lowest BCUT2D eigenvalue weighted by molar-refractivity contribution is -0.152. The molecule has 0 aliphatic heterocycles. The SMILES string of the molecule is C/C=C(\C=C(\C)C(=O)CC)C(=Nc1cc(CNC(C(=O)OC2CCCC2)C(C)C)ccc1C)C(C)C. The number of benzene rings is 1. The van der Waals surface area contributed by atoms with Crippen molar-refractivity contribution in [1.29, 1.82) is 0 Å². The second-order valence-electron chi connectivity index (χ2n) is 10.6. The third-order valence-electron chi connectivity index (χ3n) is 6.83. The molecule has 36 heavy (non-hydrogen) atoms. The van der Waals surface area contributed by atoms with Crippen LogP contribution >= 0.6 is 0 Å². The summed E-state index contributed by atoms with van der Waals surface area (Å²) in [6, 6.07) is 5.90. The maximum absolute atomic E-state index is 12.8. The van der Waals surface area contributed by atoms with Crippen LogP contribution in [0.15, 0.2) is 46.5 Å². The maximum atomic E-state index is 12.8. The number of aliphatic imine (C=N–C) groups is 1. The Balaban J connectivity index is 2.25. The molecule has 1 saturated carbocycles. The summed E-state index contributed by atoms with van der Waals surface area (Å²) in [5, 5.41) is 3.43. The summed E-state index contributed by atoms with van der Waals surface area (Å²) < 4.78 is 5.78. The molecule has 1 unspecified atom stereocenters. The number of rotatable bonds is 12. The van der Waals surface area contributed by atoms with Crippen LogP contribution in [-0.4, -0.2) is 29.6 Å². The molecule has 5 nitrogen and oxygen atoms in total. The van der Waals surface area contributed by atoms with Crippen molar-refractivity contribution < 1.29 is 14.3 Å². The van der Waals surface area contributed by atoms with Crippen LogP contribution in [-0.2, 0) is 20.9 Å². The molecule has 0 bridgehead atoms. The zero-order valence-electron chi connectivity index (χ0n) is 23.6. The fourth-order valence-electron chi connectivity index (χ4n) is 4.50. The predicted molar refractivity (Wildman–Crippen MR) is 150 cm³/mol. The Bertz CT molecular complexity index is 995. The second kappa shape index (κ2) is 14.3. The molecule has 1 fully saturated rings. The third-order valence-corrected chi connectivity index (χ3v) is 6.83. The number of hydrogen-bond donors (Lipinski definition) is 1. The Labute approximate surface area is 218 Å². The molecule has 198 valence electrons. The Kier molecular flexibility index (Phi) is 11.8. The molecule has 1 atom stereocenters. The topological polar surface area (TPSA) is 67.8 Å². The molecule has 0 aromatic heterocycles. The molecule has 0 saturated heterocycles. The average molecular weight is 495 g/mol. The summed E-state index contributed by atoms with van der Waals surface area (Å²) in [5.41, 5.74) is 5.73. The second-order valence-corrected chi connectivity index (χ2v) is 10.6. The van der Waals surface area contributed by atoms with Gasteiger partial charge in [-0.25, -0.2) is 0 Å². The third kappa shape index (κ3) is 8.55. The van der Waals surface area contributed by atoms with Gasteiger partial charge in [0.15, 0.2) is 5.78 Å². The fourth-order valence-corrected chi connectivity index (χ4v) is 4.50. The average Bonchev–Trinajstić information content (AvgIpc) is 3.34. The highest BCUT2D eigenvalue weighted by Crippen LogP contribution is 2.25. The van der Waals surface area contributed by atoms with Gasteiger partial charge in [-0.15, -0.1) is 0 Å². The fraction of sp³-hybridized carbons (Fsp3) is 0.581. The molecule has 0 heterocycles. The number of aryl methyl sites for hydroxylation is 1. The zero-order valence-corrected chi connectivity index (χ0v) is 23.6. The van der Waals surface area contributed by atoms with Crippen LogP contribution in [0.5, 0.6) is 0 Å². The standard InChI is InChI=1S/C31H46N2O3/c1-9-25(17-23(8)28(34)10-2)29(20(3)4)33-27-18-24(16-15-22(27)7)19-32-30(21(5)6)31(35)36-26-13-11-12-14-26/h9,15-18,20-21,26,30,32H,10-14,19H2,1-8H3/b23-17-,25-9+,33-29?. The van der Waals surface area contributed by atoms with E-state index in [1.165, 1.54) is 0 Å². The molecule has 1 N–H and O–H groups in total. The number of nitrogens with one attached hydrogen (secondary N) is 1. The molecule has 1 aliphatic rings. The first kappa shape index (κ1) is 29.7. The summed E-state index contributed by atoms with van der Waals surface area (Å²) in [6.07, 6.45) is 8.77. The largest absolute Gasteiger partial charge is 0.461 e. The van der Waals surface area contributed by atoms with Crippen LogP contribution in [0.2, 0.25) is 0 Å². The molecule has 1 aromatic rings. The van der Waals surface area contributed by atoms with E-state index in [1.54, 1.807) is 0 Å². The van der Waals surface area contributed by atoms with Gasteiger partial charge in [0.1, 0.15) is 12.1 Å². The van der Waals surface area contributed by atoms with Crippen molar-refractivity contribution in [2.45, 2.75) is 106 Å². The van der Waals surface area contributed by atoms with Gasteiger partial charge in [-0.3, -0.25) is 14.6 Å². The normalized spacial score (nSPS) is 16.7. The number of nitrogens with zero attached hydrogens (tertiary/aromatic N) is 1. The number of carbonyl (C=O) groups excluding carboxylic acids is 2. The summed E-state index contributed by atoms with van der Waals surface area (Å²) >= 11 is 0. The van der Waals surface area contributed by atoms with Crippen molar-refractivity contribution in [2.24, 2.45) is 16.8 Å². The Hall–Kier alpha value is -2.53. The van der Waals surface area contributed by atoms with Gasteiger partial charge in [-0.05, 0) is 92.7 Å². The van der Waals surface area contributed by atoms with Crippen molar-refractivity contribution in [3.05, 3.63) is 52.6 Å². The van der Waals surface area contributed by atoms with E-state index in [2.05, 4.69) is 44.3 Å². The Morgan fingerprint density at radius 2 is 1.83 bits per heavy atom. The van der Waals surface area contributed by atoms with E-state index >= 15 is 0 Å². The highest BCUT2D eigenvalue weighted by Gasteiger charge is 2.27. The molecule has 1 aromatic carbocycles. The minimum absolute atomic E-state index is 0.0708. The van der Waals surface area contributed by atoms with Gasteiger partial charge in [0.05, 0.1) is 11.4 Å². The van der Waals surface area contributed by atoms with Gasteiger partial charge in [-0.1, -0.05) is 52.8 Å². The van der Waals surface area contributed by atoms with Crippen molar-refractivity contribution in [2.75, 3.05) is 0 Å².